The molecule has 172 valence electrons. The number of nitrogens with one attached hydrogen (secondary N) is 1. The molecule has 0 spiro atoms. The lowest BCUT2D eigenvalue weighted by atomic mass is 10.0. The second-order valence-corrected chi connectivity index (χ2v) is 8.86. The Hall–Kier alpha value is -2.86. The van der Waals surface area contributed by atoms with E-state index in [1.807, 2.05) is 49.9 Å². The highest BCUT2D eigenvalue weighted by Gasteiger charge is 2.30. The topological polar surface area (TPSA) is 61.9 Å². The van der Waals surface area contributed by atoms with Gasteiger partial charge in [0.2, 0.25) is 5.91 Å². The zero-order chi connectivity index (χ0) is 23.1. The summed E-state index contributed by atoms with van der Waals surface area (Å²) in [6.45, 7) is 9.92. The lowest BCUT2D eigenvalue weighted by molar-refractivity contribution is -0.134. The van der Waals surface area contributed by atoms with Crippen molar-refractivity contribution in [2.45, 2.75) is 39.8 Å². The van der Waals surface area contributed by atoms with Crippen LogP contribution in [0.5, 0.6) is 5.75 Å². The third-order valence-electron chi connectivity index (χ3n) is 6.00. The summed E-state index contributed by atoms with van der Waals surface area (Å²) in [7, 11) is 1.67. The maximum absolute atomic E-state index is 13.3. The molecular weight excluding hydrogens is 402 g/mol. The van der Waals surface area contributed by atoms with Crippen molar-refractivity contribution in [1.82, 2.24) is 15.1 Å². The maximum atomic E-state index is 13.3. The van der Waals surface area contributed by atoms with Gasteiger partial charge in [0, 0.05) is 38.3 Å². The number of carbonyl (C=O) groups is 2. The summed E-state index contributed by atoms with van der Waals surface area (Å²) in [6.07, 6.45) is 0.915. The first-order valence-electron chi connectivity index (χ1n) is 11.4. The number of hydrogen-bond acceptors (Lipinski definition) is 4. The Labute approximate surface area is 191 Å². The van der Waals surface area contributed by atoms with Gasteiger partial charge in [-0.1, -0.05) is 43.7 Å². The van der Waals surface area contributed by atoms with Crippen molar-refractivity contribution in [3.8, 4) is 5.75 Å². The van der Waals surface area contributed by atoms with E-state index in [-0.39, 0.29) is 17.7 Å². The number of carbonyl (C=O) groups excluding carboxylic acids is 2. The normalized spacial score (nSPS) is 15.8. The number of aryl methyl sites for hydroxylation is 1. The van der Waals surface area contributed by atoms with Gasteiger partial charge < -0.3 is 15.0 Å². The average molecular weight is 438 g/mol. The Morgan fingerprint density at radius 2 is 1.66 bits per heavy atom. The van der Waals surface area contributed by atoms with Crippen LogP contribution in [0.3, 0.4) is 0 Å². The van der Waals surface area contributed by atoms with Gasteiger partial charge in [0.05, 0.1) is 7.11 Å². The van der Waals surface area contributed by atoms with E-state index in [0.29, 0.717) is 18.7 Å². The number of amides is 2. The quantitative estimate of drug-likeness (QED) is 0.720. The molecule has 1 aliphatic rings. The van der Waals surface area contributed by atoms with E-state index in [2.05, 4.69) is 22.3 Å². The number of benzene rings is 2. The van der Waals surface area contributed by atoms with Crippen molar-refractivity contribution in [3.63, 3.8) is 0 Å². The zero-order valence-electron chi connectivity index (χ0n) is 19.6. The molecule has 3 rings (SSSR count). The Bertz CT molecular complexity index is 894. The van der Waals surface area contributed by atoms with Crippen molar-refractivity contribution in [2.24, 2.45) is 5.92 Å². The second-order valence-electron chi connectivity index (χ2n) is 8.86. The molecule has 0 bridgehead atoms. The lowest BCUT2D eigenvalue weighted by Gasteiger charge is -2.29. The molecule has 1 atom stereocenters. The average Bonchev–Trinajstić information content (AvgIpc) is 3.03. The van der Waals surface area contributed by atoms with Gasteiger partial charge in [-0.3, -0.25) is 14.5 Å². The highest BCUT2D eigenvalue weighted by molar-refractivity contribution is 5.97. The number of methoxy groups -OCH3 is 1. The van der Waals surface area contributed by atoms with Gasteiger partial charge >= 0.3 is 0 Å². The van der Waals surface area contributed by atoms with Crippen molar-refractivity contribution < 1.29 is 14.3 Å². The van der Waals surface area contributed by atoms with E-state index in [4.69, 9.17) is 4.74 Å². The first kappa shape index (κ1) is 23.8. The minimum absolute atomic E-state index is 0.00626. The monoisotopic (exact) mass is 437 g/mol. The van der Waals surface area contributed by atoms with Gasteiger partial charge in [-0.25, -0.2) is 0 Å². The number of rotatable bonds is 7. The first-order valence-corrected chi connectivity index (χ1v) is 11.4. The SMILES string of the molecule is COc1ccc(CN2CCCN(C(=O)C(NC(=O)c3ccc(C)cc3)C(C)C)CC2)cc1. The van der Waals surface area contributed by atoms with Crippen LogP contribution in [-0.2, 0) is 11.3 Å². The van der Waals surface area contributed by atoms with Crippen molar-refractivity contribution in [1.29, 1.82) is 0 Å². The van der Waals surface area contributed by atoms with Crippen molar-refractivity contribution >= 4 is 11.8 Å². The molecule has 1 fully saturated rings. The Kier molecular flexibility index (Phi) is 8.28. The van der Waals surface area contributed by atoms with E-state index < -0.39 is 6.04 Å². The number of ether oxygens (including phenoxy) is 1. The molecule has 1 heterocycles. The van der Waals surface area contributed by atoms with E-state index >= 15 is 0 Å². The predicted molar refractivity (Wildman–Crippen MR) is 127 cm³/mol. The number of hydrogen-bond donors (Lipinski definition) is 1. The third kappa shape index (κ3) is 6.33. The van der Waals surface area contributed by atoms with E-state index in [1.54, 1.807) is 19.2 Å². The molecule has 0 radical (unpaired) electrons. The smallest absolute Gasteiger partial charge is 0.251 e. The summed E-state index contributed by atoms with van der Waals surface area (Å²) in [4.78, 5) is 30.3. The number of nitrogens with zero attached hydrogens (tertiary/aromatic N) is 2. The lowest BCUT2D eigenvalue weighted by Crippen LogP contribution is -2.52. The Morgan fingerprint density at radius 1 is 0.969 bits per heavy atom. The molecular formula is C26H35N3O3. The summed E-state index contributed by atoms with van der Waals surface area (Å²) >= 11 is 0. The van der Waals surface area contributed by atoms with Gasteiger partial charge in [0.15, 0.2) is 0 Å². The fourth-order valence-corrected chi connectivity index (χ4v) is 3.98. The van der Waals surface area contributed by atoms with Crippen LogP contribution in [0.1, 0.15) is 41.8 Å². The second kappa shape index (κ2) is 11.1. The van der Waals surface area contributed by atoms with Crippen LogP contribution >= 0.6 is 0 Å². The van der Waals surface area contributed by atoms with Crippen LogP contribution in [0.25, 0.3) is 0 Å². The van der Waals surface area contributed by atoms with Gasteiger partial charge in [0.1, 0.15) is 11.8 Å². The molecule has 1 saturated heterocycles. The van der Waals surface area contributed by atoms with Gasteiger partial charge in [0.25, 0.3) is 5.91 Å². The van der Waals surface area contributed by atoms with Gasteiger partial charge in [-0.05, 0) is 49.1 Å². The standard InChI is InChI=1S/C26H35N3O3/c1-19(2)24(27-25(30)22-10-6-20(3)7-11-22)26(31)29-15-5-14-28(16-17-29)18-21-8-12-23(32-4)13-9-21/h6-13,19,24H,5,14-18H2,1-4H3,(H,27,30). The molecule has 1 unspecified atom stereocenters. The zero-order valence-corrected chi connectivity index (χ0v) is 19.6. The molecule has 2 amide bonds. The summed E-state index contributed by atoms with van der Waals surface area (Å²) in [6, 6.07) is 15.0. The fraction of sp³-hybridized carbons (Fsp3) is 0.462. The largest absolute Gasteiger partial charge is 0.497 e. The molecule has 0 aromatic heterocycles. The predicted octanol–water partition coefficient (Wildman–Crippen LogP) is 3.49. The molecule has 6 nitrogen and oxygen atoms in total. The van der Waals surface area contributed by atoms with E-state index in [9.17, 15) is 9.59 Å². The van der Waals surface area contributed by atoms with Crippen LogP contribution in [0, 0.1) is 12.8 Å². The summed E-state index contributed by atoms with van der Waals surface area (Å²) in [5.41, 5.74) is 2.91. The molecule has 2 aromatic rings. The van der Waals surface area contributed by atoms with E-state index in [1.165, 1.54) is 5.56 Å². The molecule has 32 heavy (non-hydrogen) atoms. The van der Waals surface area contributed by atoms with Crippen LogP contribution in [0.15, 0.2) is 48.5 Å². The van der Waals surface area contributed by atoms with Crippen LogP contribution in [0.2, 0.25) is 0 Å². The first-order chi connectivity index (χ1) is 15.4. The Balaban J connectivity index is 1.59. The highest BCUT2D eigenvalue weighted by atomic mass is 16.5. The molecule has 1 aliphatic heterocycles. The molecule has 1 N–H and O–H groups in total. The summed E-state index contributed by atoms with van der Waals surface area (Å²) in [5, 5.41) is 2.98. The van der Waals surface area contributed by atoms with Gasteiger partial charge in [-0.15, -0.1) is 0 Å². The Morgan fingerprint density at radius 3 is 2.28 bits per heavy atom. The summed E-state index contributed by atoms with van der Waals surface area (Å²) in [5.74, 6) is 0.670. The van der Waals surface area contributed by atoms with Crippen molar-refractivity contribution in [3.05, 3.63) is 65.2 Å². The highest BCUT2D eigenvalue weighted by Crippen LogP contribution is 2.16. The summed E-state index contributed by atoms with van der Waals surface area (Å²) < 4.78 is 5.23. The minimum atomic E-state index is -0.531. The molecule has 6 heteroatoms. The molecule has 0 aliphatic carbocycles. The van der Waals surface area contributed by atoms with Crippen LogP contribution in [-0.4, -0.2) is 60.9 Å². The molecule has 0 saturated carbocycles. The third-order valence-corrected chi connectivity index (χ3v) is 6.00. The fourth-order valence-electron chi connectivity index (χ4n) is 3.98. The minimum Gasteiger partial charge on any atom is -0.497 e. The van der Waals surface area contributed by atoms with E-state index in [0.717, 1.165) is 37.4 Å². The van der Waals surface area contributed by atoms with Crippen LogP contribution < -0.4 is 10.1 Å². The molecule has 2 aromatic carbocycles. The van der Waals surface area contributed by atoms with Crippen molar-refractivity contribution in [2.75, 3.05) is 33.3 Å². The maximum Gasteiger partial charge on any atom is 0.251 e. The van der Waals surface area contributed by atoms with Gasteiger partial charge in [-0.2, -0.15) is 0 Å². The van der Waals surface area contributed by atoms with Crippen LogP contribution in [0.4, 0.5) is 0 Å².